The van der Waals surface area contributed by atoms with Crippen molar-refractivity contribution in [3.63, 3.8) is 0 Å². The van der Waals surface area contributed by atoms with Gasteiger partial charge in [0.25, 0.3) is 10.0 Å². The van der Waals surface area contributed by atoms with Crippen molar-refractivity contribution in [3.8, 4) is 0 Å². The Morgan fingerprint density at radius 3 is 2.50 bits per heavy atom. The summed E-state index contributed by atoms with van der Waals surface area (Å²) in [6.07, 6.45) is 0. The molecule has 7 heteroatoms. The summed E-state index contributed by atoms with van der Waals surface area (Å²) >= 11 is 3.18. The zero-order valence-corrected chi connectivity index (χ0v) is 12.9. The Kier molecular flexibility index (Phi) is 4.01. The van der Waals surface area contributed by atoms with Gasteiger partial charge in [-0.1, -0.05) is 6.07 Å². The summed E-state index contributed by atoms with van der Waals surface area (Å²) in [6, 6.07) is 9.79. The van der Waals surface area contributed by atoms with Gasteiger partial charge in [0.1, 0.15) is 10.7 Å². The molecule has 0 aliphatic carbocycles. The fourth-order valence-corrected chi connectivity index (χ4v) is 3.93. The van der Waals surface area contributed by atoms with Crippen LogP contribution in [0.25, 0.3) is 0 Å². The Balaban J connectivity index is 2.49. The average Bonchev–Trinajstić information content (AvgIpc) is 2.37. The van der Waals surface area contributed by atoms with Crippen LogP contribution in [0.3, 0.4) is 0 Å². The minimum atomic E-state index is -3.79. The van der Waals surface area contributed by atoms with Crippen LogP contribution in [0.5, 0.6) is 0 Å². The lowest BCUT2D eigenvalue weighted by molar-refractivity contribution is 0.593. The fraction of sp³-hybridized carbons (Fsp3) is 0.0769. The Morgan fingerprint density at radius 2 is 1.90 bits per heavy atom. The first-order chi connectivity index (χ1) is 9.32. The number of hydrogen-bond donors (Lipinski definition) is 1. The lowest BCUT2D eigenvalue weighted by Crippen LogP contribution is -2.27. The maximum absolute atomic E-state index is 13.2. The van der Waals surface area contributed by atoms with Crippen LogP contribution in [0.2, 0.25) is 0 Å². The van der Waals surface area contributed by atoms with Gasteiger partial charge in [-0.2, -0.15) is 0 Å². The number of nitrogens with zero attached hydrogens (tertiary/aromatic N) is 1. The van der Waals surface area contributed by atoms with Gasteiger partial charge in [-0.05, 0) is 52.3 Å². The lowest BCUT2D eigenvalue weighted by Gasteiger charge is -2.20. The van der Waals surface area contributed by atoms with E-state index in [-0.39, 0.29) is 10.6 Å². The second-order valence-corrected chi connectivity index (χ2v) is 6.93. The lowest BCUT2D eigenvalue weighted by atomic mass is 10.3. The van der Waals surface area contributed by atoms with Crippen LogP contribution in [-0.2, 0) is 10.0 Å². The van der Waals surface area contributed by atoms with Gasteiger partial charge >= 0.3 is 0 Å². The average molecular weight is 359 g/mol. The molecule has 0 saturated heterocycles. The minimum absolute atomic E-state index is 0.0680. The number of anilines is 2. The van der Waals surface area contributed by atoms with Crippen LogP contribution >= 0.6 is 15.9 Å². The molecular weight excluding hydrogens is 347 g/mol. The third kappa shape index (κ3) is 2.78. The standard InChI is InChI=1S/C13H12BrFN2O2S/c1-17(11-4-2-3-9(15)7-11)20(18,19)13-6-5-10(16)8-12(13)14/h2-8H,16H2,1H3. The van der Waals surface area contributed by atoms with E-state index in [9.17, 15) is 12.8 Å². The van der Waals surface area contributed by atoms with Gasteiger partial charge in [0, 0.05) is 17.2 Å². The van der Waals surface area contributed by atoms with Crippen molar-refractivity contribution >= 4 is 37.3 Å². The molecule has 2 aromatic rings. The van der Waals surface area contributed by atoms with Crippen molar-refractivity contribution in [2.45, 2.75) is 4.90 Å². The van der Waals surface area contributed by atoms with E-state index in [0.717, 1.165) is 10.4 Å². The maximum atomic E-state index is 13.2. The molecule has 0 aliphatic heterocycles. The summed E-state index contributed by atoms with van der Waals surface area (Å²) in [5.41, 5.74) is 6.28. The minimum Gasteiger partial charge on any atom is -0.399 e. The summed E-state index contributed by atoms with van der Waals surface area (Å²) in [6.45, 7) is 0. The third-order valence-electron chi connectivity index (χ3n) is 2.77. The van der Waals surface area contributed by atoms with Gasteiger partial charge in [-0.25, -0.2) is 12.8 Å². The number of benzene rings is 2. The van der Waals surface area contributed by atoms with Gasteiger partial charge in [-0.3, -0.25) is 4.31 Å². The Bertz CT molecular complexity index is 750. The maximum Gasteiger partial charge on any atom is 0.265 e. The van der Waals surface area contributed by atoms with E-state index in [1.807, 2.05) is 0 Å². The monoisotopic (exact) mass is 358 g/mol. The normalized spacial score (nSPS) is 11.3. The Hall–Kier alpha value is -1.60. The molecule has 20 heavy (non-hydrogen) atoms. The molecule has 0 heterocycles. The Labute approximate surface area is 125 Å². The second-order valence-electron chi connectivity index (χ2n) is 4.14. The zero-order valence-electron chi connectivity index (χ0n) is 10.5. The molecule has 2 rings (SSSR count). The highest BCUT2D eigenvalue weighted by atomic mass is 79.9. The summed E-state index contributed by atoms with van der Waals surface area (Å²) < 4.78 is 39.6. The molecule has 0 unspecified atom stereocenters. The molecule has 0 atom stereocenters. The first-order valence-corrected chi connectivity index (χ1v) is 7.85. The molecule has 0 fully saturated rings. The molecule has 0 spiro atoms. The highest BCUT2D eigenvalue weighted by Gasteiger charge is 2.24. The van der Waals surface area contributed by atoms with Gasteiger partial charge in [0.05, 0.1) is 5.69 Å². The quantitative estimate of drug-likeness (QED) is 0.857. The number of nitrogen functional groups attached to an aromatic ring is 1. The van der Waals surface area contributed by atoms with Gasteiger partial charge in [0.15, 0.2) is 0 Å². The van der Waals surface area contributed by atoms with Crippen molar-refractivity contribution < 1.29 is 12.8 Å². The molecular formula is C13H12BrFN2O2S. The predicted molar refractivity (Wildman–Crippen MR) is 80.5 cm³/mol. The number of hydrogen-bond acceptors (Lipinski definition) is 3. The smallest absolute Gasteiger partial charge is 0.265 e. The second kappa shape index (κ2) is 5.41. The molecule has 0 radical (unpaired) electrons. The van der Waals surface area contributed by atoms with Gasteiger partial charge in [-0.15, -0.1) is 0 Å². The van der Waals surface area contributed by atoms with E-state index >= 15 is 0 Å². The van der Waals surface area contributed by atoms with E-state index in [2.05, 4.69) is 15.9 Å². The topological polar surface area (TPSA) is 63.4 Å². The summed E-state index contributed by atoms with van der Waals surface area (Å²) in [7, 11) is -2.42. The number of halogens is 2. The number of rotatable bonds is 3. The van der Waals surface area contributed by atoms with Gasteiger partial charge < -0.3 is 5.73 Å². The van der Waals surface area contributed by atoms with Crippen molar-refractivity contribution in [2.24, 2.45) is 0 Å². The molecule has 106 valence electrons. The molecule has 2 N–H and O–H groups in total. The van der Waals surface area contributed by atoms with Crippen molar-refractivity contribution in [1.82, 2.24) is 0 Å². The summed E-state index contributed by atoms with van der Waals surface area (Å²) in [5, 5.41) is 0. The van der Waals surface area contributed by atoms with E-state index in [0.29, 0.717) is 10.2 Å². The van der Waals surface area contributed by atoms with Crippen LogP contribution in [0.15, 0.2) is 51.8 Å². The van der Waals surface area contributed by atoms with Crippen molar-refractivity contribution in [3.05, 3.63) is 52.8 Å². The highest BCUT2D eigenvalue weighted by molar-refractivity contribution is 9.10. The molecule has 0 bridgehead atoms. The van der Waals surface area contributed by atoms with Crippen LogP contribution in [0.1, 0.15) is 0 Å². The molecule has 2 aromatic carbocycles. The summed E-state index contributed by atoms with van der Waals surface area (Å²) in [4.78, 5) is 0.0680. The SMILES string of the molecule is CN(c1cccc(F)c1)S(=O)(=O)c1ccc(N)cc1Br. The van der Waals surface area contributed by atoms with E-state index in [1.165, 1.54) is 43.4 Å². The number of nitrogens with two attached hydrogens (primary N) is 1. The molecule has 0 amide bonds. The first-order valence-electron chi connectivity index (χ1n) is 5.62. The molecule has 0 aromatic heterocycles. The van der Waals surface area contributed by atoms with Crippen LogP contribution in [0.4, 0.5) is 15.8 Å². The van der Waals surface area contributed by atoms with Crippen molar-refractivity contribution in [2.75, 3.05) is 17.1 Å². The van der Waals surface area contributed by atoms with E-state index in [1.54, 1.807) is 0 Å². The van der Waals surface area contributed by atoms with Crippen LogP contribution < -0.4 is 10.0 Å². The number of sulfonamides is 1. The third-order valence-corrected chi connectivity index (χ3v) is 5.53. The molecule has 0 saturated carbocycles. The fourth-order valence-electron chi connectivity index (χ4n) is 1.68. The summed E-state index contributed by atoms with van der Waals surface area (Å²) in [5.74, 6) is -0.499. The van der Waals surface area contributed by atoms with E-state index in [4.69, 9.17) is 5.73 Å². The zero-order chi connectivity index (χ0) is 14.9. The van der Waals surface area contributed by atoms with E-state index < -0.39 is 15.8 Å². The highest BCUT2D eigenvalue weighted by Crippen LogP contribution is 2.29. The van der Waals surface area contributed by atoms with Gasteiger partial charge in [0.2, 0.25) is 0 Å². The van der Waals surface area contributed by atoms with Crippen molar-refractivity contribution in [1.29, 1.82) is 0 Å². The Morgan fingerprint density at radius 1 is 1.20 bits per heavy atom. The van der Waals surface area contributed by atoms with Crippen LogP contribution in [-0.4, -0.2) is 15.5 Å². The molecule has 0 aliphatic rings. The van der Waals surface area contributed by atoms with Crippen LogP contribution in [0, 0.1) is 5.82 Å². The largest absolute Gasteiger partial charge is 0.399 e. The predicted octanol–water partition coefficient (Wildman–Crippen LogP) is 3.00. The first kappa shape index (κ1) is 14.8. The molecule has 4 nitrogen and oxygen atoms in total.